The molecule has 0 aliphatic carbocycles. The summed E-state index contributed by atoms with van der Waals surface area (Å²) in [5.41, 5.74) is 8.24. The molecule has 2 N–H and O–H groups in total. The molecule has 0 fully saturated rings. The van der Waals surface area contributed by atoms with Gasteiger partial charge in [-0.05, 0) is 31.0 Å². The maximum atomic E-state index is 5.56. The molecule has 0 spiro atoms. The number of aromatic nitrogens is 1. The van der Waals surface area contributed by atoms with Gasteiger partial charge in [-0.15, -0.1) is 6.58 Å². The molecule has 0 amide bonds. The Bertz CT molecular complexity index is 482. The number of benzene rings is 1. The van der Waals surface area contributed by atoms with Crippen LogP contribution in [0.4, 0.5) is 0 Å². The fourth-order valence-corrected chi connectivity index (χ4v) is 2.10. The predicted molar refractivity (Wildman–Crippen MR) is 69.5 cm³/mol. The maximum absolute atomic E-state index is 5.56. The zero-order chi connectivity index (χ0) is 11.4. The van der Waals surface area contributed by atoms with E-state index in [0.29, 0.717) is 0 Å². The highest BCUT2D eigenvalue weighted by molar-refractivity contribution is 5.84. The van der Waals surface area contributed by atoms with Gasteiger partial charge in [0.2, 0.25) is 0 Å². The summed E-state index contributed by atoms with van der Waals surface area (Å²) in [6, 6.07) is 8.51. The lowest BCUT2D eigenvalue weighted by molar-refractivity contribution is 0.817. The minimum absolute atomic E-state index is 0.751. The summed E-state index contributed by atoms with van der Waals surface area (Å²) in [7, 11) is 0. The first-order valence-corrected chi connectivity index (χ1v) is 5.74. The standard InChI is InChI=1S/C14H18N2/c1-2-10-16-11-12(6-5-9-15)13-7-3-4-8-14(13)16/h2-4,7-8,11H,1,5-6,9-10,15H2. The first kappa shape index (κ1) is 11.0. The summed E-state index contributed by atoms with van der Waals surface area (Å²) in [5, 5.41) is 1.35. The van der Waals surface area contributed by atoms with Crippen LogP contribution < -0.4 is 5.73 Å². The average molecular weight is 214 g/mol. The molecular formula is C14H18N2. The van der Waals surface area contributed by atoms with Gasteiger partial charge in [-0.3, -0.25) is 0 Å². The molecule has 0 aliphatic rings. The Morgan fingerprint density at radius 2 is 2.12 bits per heavy atom. The molecule has 84 valence electrons. The minimum atomic E-state index is 0.751. The lowest BCUT2D eigenvalue weighted by Gasteiger charge is -1.99. The number of aryl methyl sites for hydroxylation is 1. The number of allylic oxidation sites excluding steroid dienone is 1. The Morgan fingerprint density at radius 3 is 2.88 bits per heavy atom. The first-order chi connectivity index (χ1) is 7.86. The van der Waals surface area contributed by atoms with Crippen LogP contribution in [0.5, 0.6) is 0 Å². The second kappa shape index (κ2) is 4.99. The van der Waals surface area contributed by atoms with E-state index in [2.05, 4.69) is 41.6 Å². The van der Waals surface area contributed by atoms with Gasteiger partial charge in [-0.1, -0.05) is 24.3 Å². The number of hydrogen-bond donors (Lipinski definition) is 1. The number of para-hydroxylation sites is 1. The fourth-order valence-electron chi connectivity index (χ4n) is 2.10. The Labute approximate surface area is 96.4 Å². The Hall–Kier alpha value is -1.54. The molecule has 1 heterocycles. The van der Waals surface area contributed by atoms with E-state index >= 15 is 0 Å². The molecule has 2 aromatic rings. The Kier molecular flexibility index (Phi) is 3.42. The molecule has 16 heavy (non-hydrogen) atoms. The maximum Gasteiger partial charge on any atom is 0.0486 e. The second-order valence-corrected chi connectivity index (χ2v) is 4.00. The Morgan fingerprint density at radius 1 is 1.31 bits per heavy atom. The molecule has 2 heteroatoms. The van der Waals surface area contributed by atoms with Crippen LogP contribution in [-0.2, 0) is 13.0 Å². The largest absolute Gasteiger partial charge is 0.343 e. The van der Waals surface area contributed by atoms with Crippen LogP contribution in [0.2, 0.25) is 0 Å². The van der Waals surface area contributed by atoms with Gasteiger partial charge in [0.15, 0.2) is 0 Å². The van der Waals surface area contributed by atoms with Gasteiger partial charge >= 0.3 is 0 Å². The van der Waals surface area contributed by atoms with Gasteiger partial charge in [0.1, 0.15) is 0 Å². The molecule has 0 radical (unpaired) electrons. The molecule has 0 saturated carbocycles. The number of rotatable bonds is 5. The van der Waals surface area contributed by atoms with E-state index < -0.39 is 0 Å². The fraction of sp³-hybridized carbons (Fsp3) is 0.286. The summed E-state index contributed by atoms with van der Waals surface area (Å²) < 4.78 is 2.24. The van der Waals surface area contributed by atoms with E-state index in [9.17, 15) is 0 Å². The third-order valence-corrected chi connectivity index (χ3v) is 2.85. The Balaban J connectivity index is 2.44. The van der Waals surface area contributed by atoms with Gasteiger partial charge in [-0.2, -0.15) is 0 Å². The highest BCUT2D eigenvalue weighted by Gasteiger charge is 2.06. The zero-order valence-corrected chi connectivity index (χ0v) is 9.52. The highest BCUT2D eigenvalue weighted by Crippen LogP contribution is 2.22. The smallest absolute Gasteiger partial charge is 0.0486 e. The lowest BCUT2D eigenvalue weighted by Crippen LogP contribution is -2.00. The van der Waals surface area contributed by atoms with Crippen LogP contribution in [0.25, 0.3) is 10.9 Å². The van der Waals surface area contributed by atoms with Crippen molar-refractivity contribution in [3.05, 3.63) is 48.7 Å². The van der Waals surface area contributed by atoms with Crippen molar-refractivity contribution in [1.29, 1.82) is 0 Å². The van der Waals surface area contributed by atoms with E-state index in [-0.39, 0.29) is 0 Å². The number of fused-ring (bicyclic) bond motifs is 1. The van der Waals surface area contributed by atoms with Crippen molar-refractivity contribution in [1.82, 2.24) is 4.57 Å². The van der Waals surface area contributed by atoms with Crippen molar-refractivity contribution in [3.8, 4) is 0 Å². The van der Waals surface area contributed by atoms with Crippen LogP contribution in [0, 0.1) is 0 Å². The highest BCUT2D eigenvalue weighted by atomic mass is 14.9. The summed E-state index contributed by atoms with van der Waals surface area (Å²) in [4.78, 5) is 0. The van der Waals surface area contributed by atoms with Crippen LogP contribution in [0.1, 0.15) is 12.0 Å². The molecule has 0 bridgehead atoms. The third kappa shape index (κ3) is 2.02. The summed E-state index contributed by atoms with van der Waals surface area (Å²) in [5.74, 6) is 0. The van der Waals surface area contributed by atoms with E-state index in [1.54, 1.807) is 0 Å². The van der Waals surface area contributed by atoms with Crippen molar-refractivity contribution in [3.63, 3.8) is 0 Å². The normalized spacial score (nSPS) is 10.8. The lowest BCUT2D eigenvalue weighted by atomic mass is 10.1. The van der Waals surface area contributed by atoms with E-state index in [0.717, 1.165) is 25.9 Å². The monoisotopic (exact) mass is 214 g/mol. The second-order valence-electron chi connectivity index (χ2n) is 4.00. The van der Waals surface area contributed by atoms with Crippen molar-refractivity contribution in [2.45, 2.75) is 19.4 Å². The molecule has 0 atom stereocenters. The van der Waals surface area contributed by atoms with Crippen molar-refractivity contribution in [2.75, 3.05) is 6.54 Å². The molecule has 2 nitrogen and oxygen atoms in total. The quantitative estimate of drug-likeness (QED) is 0.762. The summed E-state index contributed by atoms with van der Waals surface area (Å²) >= 11 is 0. The van der Waals surface area contributed by atoms with Crippen molar-refractivity contribution >= 4 is 10.9 Å². The van der Waals surface area contributed by atoms with Crippen LogP contribution in [0.15, 0.2) is 43.1 Å². The van der Waals surface area contributed by atoms with Crippen LogP contribution in [0.3, 0.4) is 0 Å². The molecule has 2 rings (SSSR count). The van der Waals surface area contributed by atoms with E-state index in [1.165, 1.54) is 16.5 Å². The van der Waals surface area contributed by atoms with Crippen LogP contribution in [-0.4, -0.2) is 11.1 Å². The number of hydrogen-bond acceptors (Lipinski definition) is 1. The number of nitrogens with zero attached hydrogens (tertiary/aromatic N) is 1. The van der Waals surface area contributed by atoms with E-state index in [1.807, 2.05) is 6.08 Å². The molecule has 0 unspecified atom stereocenters. The SMILES string of the molecule is C=CCn1cc(CCCN)c2ccccc21. The van der Waals surface area contributed by atoms with Crippen molar-refractivity contribution < 1.29 is 0 Å². The predicted octanol–water partition coefficient (Wildman–Crippen LogP) is 2.72. The van der Waals surface area contributed by atoms with Crippen LogP contribution >= 0.6 is 0 Å². The number of nitrogens with two attached hydrogens (primary N) is 1. The molecule has 0 saturated heterocycles. The molecule has 0 aliphatic heterocycles. The topological polar surface area (TPSA) is 30.9 Å². The zero-order valence-electron chi connectivity index (χ0n) is 9.52. The van der Waals surface area contributed by atoms with E-state index in [4.69, 9.17) is 5.73 Å². The van der Waals surface area contributed by atoms with Gasteiger partial charge in [-0.25, -0.2) is 0 Å². The summed E-state index contributed by atoms with van der Waals surface area (Å²) in [6.07, 6.45) is 6.25. The molecular weight excluding hydrogens is 196 g/mol. The molecule has 1 aromatic carbocycles. The first-order valence-electron chi connectivity index (χ1n) is 5.74. The molecule has 1 aromatic heterocycles. The summed E-state index contributed by atoms with van der Waals surface area (Å²) in [6.45, 7) is 5.41. The van der Waals surface area contributed by atoms with Gasteiger partial charge < -0.3 is 10.3 Å². The van der Waals surface area contributed by atoms with Gasteiger partial charge in [0.25, 0.3) is 0 Å². The van der Waals surface area contributed by atoms with Gasteiger partial charge in [0, 0.05) is 23.6 Å². The van der Waals surface area contributed by atoms with Crippen molar-refractivity contribution in [2.24, 2.45) is 5.73 Å². The average Bonchev–Trinajstić information content (AvgIpc) is 2.66. The van der Waals surface area contributed by atoms with Gasteiger partial charge in [0.05, 0.1) is 0 Å². The minimum Gasteiger partial charge on any atom is -0.343 e. The third-order valence-electron chi connectivity index (χ3n) is 2.85.